The van der Waals surface area contributed by atoms with Gasteiger partial charge in [0.05, 0.1) is 34.8 Å². The molecule has 10 nitrogen and oxygen atoms in total. The van der Waals surface area contributed by atoms with Gasteiger partial charge in [-0.25, -0.2) is 14.4 Å². The minimum Gasteiger partial charge on any atom is -0.359 e. The predicted molar refractivity (Wildman–Crippen MR) is 138 cm³/mol. The van der Waals surface area contributed by atoms with Gasteiger partial charge >= 0.3 is 0 Å². The summed E-state index contributed by atoms with van der Waals surface area (Å²) in [6.07, 6.45) is 4.67. The lowest BCUT2D eigenvalue weighted by atomic mass is 10.1. The molecule has 3 N–H and O–H groups in total. The van der Waals surface area contributed by atoms with Gasteiger partial charge in [0, 0.05) is 56.6 Å². The van der Waals surface area contributed by atoms with Crippen LogP contribution in [0.2, 0.25) is 0 Å². The summed E-state index contributed by atoms with van der Waals surface area (Å²) in [5, 5.41) is 11.2. The van der Waals surface area contributed by atoms with E-state index in [1.165, 1.54) is 0 Å². The first-order chi connectivity index (χ1) is 17.3. The summed E-state index contributed by atoms with van der Waals surface area (Å²) in [6.45, 7) is 7.38. The van der Waals surface area contributed by atoms with Crippen LogP contribution < -0.4 is 10.6 Å². The summed E-state index contributed by atoms with van der Waals surface area (Å²) < 4.78 is 16.6. The number of fused-ring (bicyclic) bond motifs is 1. The highest BCUT2D eigenvalue weighted by Crippen LogP contribution is 2.33. The van der Waals surface area contributed by atoms with Crippen molar-refractivity contribution in [2.45, 2.75) is 19.9 Å². The standard InChI is InChI=1S/C25H30FN9O/c1-15-21(14-34(4)32-15)30-25-28-13-19(26)22(31-25)18-12-27-23-17(18)6-5-7-20(23)29-24(36)16(2)35-10-8-33(3)9-11-35/h5-7,12-14,16,27H,8-11H2,1-4H3,(H,29,36)(H,28,30,31). The zero-order valence-electron chi connectivity index (χ0n) is 20.8. The smallest absolute Gasteiger partial charge is 0.241 e. The Morgan fingerprint density at radius 2 is 1.94 bits per heavy atom. The van der Waals surface area contributed by atoms with Crippen LogP contribution in [0.5, 0.6) is 0 Å². The first-order valence-electron chi connectivity index (χ1n) is 11.9. The molecule has 4 aromatic rings. The van der Waals surface area contributed by atoms with Gasteiger partial charge < -0.3 is 20.5 Å². The molecule has 0 spiro atoms. The van der Waals surface area contributed by atoms with E-state index in [2.05, 4.69) is 47.5 Å². The van der Waals surface area contributed by atoms with Gasteiger partial charge in [-0.3, -0.25) is 14.4 Å². The monoisotopic (exact) mass is 491 g/mol. The fourth-order valence-electron chi connectivity index (χ4n) is 4.53. The maximum Gasteiger partial charge on any atom is 0.241 e. The summed E-state index contributed by atoms with van der Waals surface area (Å²) >= 11 is 0. The molecule has 1 atom stereocenters. The Kier molecular flexibility index (Phi) is 6.42. The fraction of sp³-hybridized carbons (Fsp3) is 0.360. The Morgan fingerprint density at radius 3 is 2.67 bits per heavy atom. The van der Waals surface area contributed by atoms with E-state index < -0.39 is 5.82 Å². The maximum absolute atomic E-state index is 14.9. The Balaban J connectivity index is 1.40. The molecule has 0 saturated carbocycles. The summed E-state index contributed by atoms with van der Waals surface area (Å²) in [6, 6.07) is 5.30. The van der Waals surface area contributed by atoms with Crippen molar-refractivity contribution in [1.82, 2.24) is 34.5 Å². The van der Waals surface area contributed by atoms with Gasteiger partial charge in [0.1, 0.15) is 5.69 Å². The van der Waals surface area contributed by atoms with Gasteiger partial charge in [0.2, 0.25) is 11.9 Å². The molecule has 188 valence electrons. The number of likely N-dealkylation sites (N-methyl/N-ethyl adjacent to an activating group) is 1. The summed E-state index contributed by atoms with van der Waals surface area (Å²) in [7, 11) is 3.91. The number of halogens is 1. The lowest BCUT2D eigenvalue weighted by Crippen LogP contribution is -2.51. The number of hydrogen-bond acceptors (Lipinski definition) is 7. The number of nitrogens with zero attached hydrogens (tertiary/aromatic N) is 6. The Hall–Kier alpha value is -3.83. The van der Waals surface area contributed by atoms with Gasteiger partial charge in [0.25, 0.3) is 0 Å². The maximum atomic E-state index is 14.9. The third kappa shape index (κ3) is 4.67. The topological polar surface area (TPSA) is 107 Å². The lowest BCUT2D eigenvalue weighted by molar-refractivity contribution is -0.121. The second-order valence-electron chi connectivity index (χ2n) is 9.25. The van der Waals surface area contributed by atoms with Crippen LogP contribution in [0.25, 0.3) is 22.2 Å². The number of nitrogens with one attached hydrogen (secondary N) is 3. The number of hydrogen-bond donors (Lipinski definition) is 3. The number of amides is 1. The van der Waals surface area contributed by atoms with Crippen LogP contribution >= 0.6 is 0 Å². The molecule has 4 heterocycles. The Morgan fingerprint density at radius 1 is 1.17 bits per heavy atom. The van der Waals surface area contributed by atoms with Crippen LogP contribution in [0.4, 0.5) is 21.7 Å². The number of aromatic nitrogens is 5. The van der Waals surface area contributed by atoms with Crippen molar-refractivity contribution in [3.63, 3.8) is 0 Å². The number of H-pyrrole nitrogens is 1. The van der Waals surface area contributed by atoms with Crippen LogP contribution in [0.3, 0.4) is 0 Å². The van der Waals surface area contributed by atoms with Gasteiger partial charge in [-0.2, -0.15) is 5.10 Å². The van der Waals surface area contributed by atoms with Crippen LogP contribution in [0, 0.1) is 12.7 Å². The largest absolute Gasteiger partial charge is 0.359 e. The second kappa shape index (κ2) is 9.67. The molecule has 1 aromatic carbocycles. The third-order valence-corrected chi connectivity index (χ3v) is 6.70. The minimum atomic E-state index is -0.539. The molecule has 1 aliphatic heterocycles. The molecule has 1 amide bonds. The van der Waals surface area contributed by atoms with Crippen molar-refractivity contribution >= 4 is 34.1 Å². The van der Waals surface area contributed by atoms with Gasteiger partial charge in [-0.1, -0.05) is 12.1 Å². The summed E-state index contributed by atoms with van der Waals surface area (Å²) in [4.78, 5) is 29.2. The number of benzene rings is 1. The molecule has 5 rings (SSSR count). The molecule has 1 fully saturated rings. The van der Waals surface area contributed by atoms with E-state index in [1.807, 2.05) is 45.3 Å². The number of aryl methyl sites for hydroxylation is 2. The van der Waals surface area contributed by atoms with Gasteiger partial charge in [-0.15, -0.1) is 0 Å². The van der Waals surface area contributed by atoms with Gasteiger partial charge in [0.15, 0.2) is 5.82 Å². The second-order valence-corrected chi connectivity index (χ2v) is 9.25. The van der Waals surface area contributed by atoms with Crippen molar-refractivity contribution in [1.29, 1.82) is 0 Å². The number of anilines is 3. The van der Waals surface area contributed by atoms with Crippen molar-refractivity contribution in [2.24, 2.45) is 7.05 Å². The number of aromatic amines is 1. The van der Waals surface area contributed by atoms with E-state index >= 15 is 0 Å². The van der Waals surface area contributed by atoms with Crippen molar-refractivity contribution in [2.75, 3.05) is 43.9 Å². The molecule has 1 unspecified atom stereocenters. The molecule has 36 heavy (non-hydrogen) atoms. The minimum absolute atomic E-state index is 0.0743. The lowest BCUT2D eigenvalue weighted by Gasteiger charge is -2.35. The van der Waals surface area contributed by atoms with E-state index in [0.29, 0.717) is 16.8 Å². The van der Waals surface area contributed by atoms with E-state index in [0.717, 1.165) is 49.1 Å². The summed E-state index contributed by atoms with van der Waals surface area (Å²) in [5.74, 6) is -0.348. The highest BCUT2D eigenvalue weighted by Gasteiger charge is 2.25. The highest BCUT2D eigenvalue weighted by atomic mass is 19.1. The van der Waals surface area contributed by atoms with Crippen LogP contribution in [-0.2, 0) is 11.8 Å². The van der Waals surface area contributed by atoms with Crippen LogP contribution in [0.15, 0.2) is 36.8 Å². The Labute approximate surface area is 208 Å². The van der Waals surface area contributed by atoms with Crippen molar-refractivity contribution in [3.8, 4) is 11.3 Å². The molecule has 3 aromatic heterocycles. The number of rotatable bonds is 6. The zero-order chi connectivity index (χ0) is 25.4. The zero-order valence-corrected chi connectivity index (χ0v) is 20.8. The molecular weight excluding hydrogens is 461 g/mol. The molecule has 0 radical (unpaired) electrons. The highest BCUT2D eigenvalue weighted by molar-refractivity contribution is 6.06. The number of para-hydroxylation sites is 1. The van der Waals surface area contributed by atoms with Crippen LogP contribution in [0.1, 0.15) is 12.6 Å². The number of carbonyl (C=O) groups excluding carboxylic acids is 1. The number of carbonyl (C=O) groups is 1. The predicted octanol–water partition coefficient (Wildman–Crippen LogP) is 3.12. The molecular formula is C25H30FN9O. The van der Waals surface area contributed by atoms with Crippen LogP contribution in [-0.4, -0.2) is 79.7 Å². The third-order valence-electron chi connectivity index (χ3n) is 6.70. The first-order valence-corrected chi connectivity index (χ1v) is 11.9. The van der Waals surface area contributed by atoms with Crippen molar-refractivity contribution < 1.29 is 9.18 Å². The van der Waals surface area contributed by atoms with Crippen molar-refractivity contribution in [3.05, 3.63) is 48.3 Å². The fourth-order valence-corrected chi connectivity index (χ4v) is 4.53. The molecule has 0 aliphatic carbocycles. The van der Waals surface area contributed by atoms with E-state index in [4.69, 9.17) is 0 Å². The quantitative estimate of drug-likeness (QED) is 0.380. The van der Waals surface area contributed by atoms with E-state index in [9.17, 15) is 9.18 Å². The molecule has 1 aliphatic rings. The number of piperazine rings is 1. The summed E-state index contributed by atoms with van der Waals surface area (Å²) in [5.41, 5.74) is 3.62. The molecule has 11 heteroatoms. The van der Waals surface area contributed by atoms with E-state index in [-0.39, 0.29) is 23.6 Å². The molecule has 0 bridgehead atoms. The van der Waals surface area contributed by atoms with E-state index in [1.54, 1.807) is 10.9 Å². The van der Waals surface area contributed by atoms with Gasteiger partial charge in [-0.05, 0) is 27.0 Å². The molecule has 1 saturated heterocycles. The average molecular weight is 492 g/mol. The normalized spacial score (nSPS) is 15.8. The Bertz CT molecular complexity index is 1400. The first kappa shape index (κ1) is 23.9. The SMILES string of the molecule is Cc1nn(C)cc1Nc1ncc(F)c(-c2c[nH]c3c(NC(=O)C(C)N4CCN(C)CC4)cccc23)n1. The average Bonchev–Trinajstić information content (AvgIpc) is 3.43.